The van der Waals surface area contributed by atoms with E-state index in [1.54, 1.807) is 7.05 Å². The zero-order chi connectivity index (χ0) is 19.4. The maximum atomic E-state index is 8.15. The first-order valence-electron chi connectivity index (χ1n) is 7.80. The standard InChI is InChI=1S/C15H26N8O2S/c1-19-12(16)8-13(17)21-10-26-11(9-24-2)14(25-3)22-15(18)23-6-4-20-5-7-23/h8-10,18,20H,4-7,17H2,1-3H3,(H2,16,19)/b11-9-,13-8-,18-15?,21-10+,22-14+. The number of ether oxygens (including phenoxy) is 2. The Morgan fingerprint density at radius 1 is 1.27 bits per heavy atom. The lowest BCUT2D eigenvalue weighted by atomic mass is 10.4. The van der Waals surface area contributed by atoms with Crippen molar-refractivity contribution in [2.75, 3.05) is 47.4 Å². The predicted octanol–water partition coefficient (Wildman–Crippen LogP) is -0.0923. The van der Waals surface area contributed by atoms with Crippen LogP contribution in [0.2, 0.25) is 0 Å². The first-order valence-corrected chi connectivity index (χ1v) is 8.68. The third kappa shape index (κ3) is 7.57. The molecule has 10 nitrogen and oxygen atoms in total. The molecule has 0 atom stereocenters. The summed E-state index contributed by atoms with van der Waals surface area (Å²) in [5.41, 5.74) is 12.8. The molecule has 0 bridgehead atoms. The van der Waals surface area contributed by atoms with Gasteiger partial charge in [0.1, 0.15) is 22.8 Å². The van der Waals surface area contributed by atoms with Crippen LogP contribution < -0.4 is 16.8 Å². The molecule has 0 amide bonds. The van der Waals surface area contributed by atoms with Gasteiger partial charge in [0, 0.05) is 39.3 Å². The molecule has 1 aliphatic heterocycles. The van der Waals surface area contributed by atoms with Crippen molar-refractivity contribution < 1.29 is 9.47 Å². The zero-order valence-corrected chi connectivity index (χ0v) is 16.0. The molecule has 0 radical (unpaired) electrons. The van der Waals surface area contributed by atoms with Crippen molar-refractivity contribution in [3.05, 3.63) is 23.1 Å². The molecule has 6 N–H and O–H groups in total. The first-order chi connectivity index (χ1) is 12.5. The van der Waals surface area contributed by atoms with E-state index in [2.05, 4.69) is 20.3 Å². The quantitative estimate of drug-likeness (QED) is 0.285. The fraction of sp³-hybridized carbons (Fsp3) is 0.467. The lowest BCUT2D eigenvalue weighted by Crippen LogP contribution is -2.45. The second kappa shape index (κ2) is 11.9. The highest BCUT2D eigenvalue weighted by molar-refractivity contribution is 8.16. The van der Waals surface area contributed by atoms with E-state index in [9.17, 15) is 0 Å². The number of aliphatic imine (C=N–C) groups is 3. The fourth-order valence-electron chi connectivity index (χ4n) is 1.88. The minimum absolute atomic E-state index is 0.134. The van der Waals surface area contributed by atoms with Crippen molar-refractivity contribution in [3.63, 3.8) is 0 Å². The topological polar surface area (TPSA) is 147 Å². The van der Waals surface area contributed by atoms with Gasteiger partial charge in [0.25, 0.3) is 0 Å². The second-order valence-electron chi connectivity index (χ2n) is 4.97. The average molecular weight is 382 g/mol. The Hall–Kier alpha value is -2.53. The monoisotopic (exact) mass is 382 g/mol. The highest BCUT2D eigenvalue weighted by Gasteiger charge is 2.16. The molecule has 0 unspecified atom stereocenters. The van der Waals surface area contributed by atoms with Gasteiger partial charge < -0.3 is 31.2 Å². The molecule has 1 saturated heterocycles. The molecular weight excluding hydrogens is 356 g/mol. The van der Waals surface area contributed by atoms with Crippen LogP contribution in [-0.2, 0) is 9.47 Å². The Kier molecular flexibility index (Phi) is 9.87. The van der Waals surface area contributed by atoms with Crippen molar-refractivity contribution in [1.82, 2.24) is 10.2 Å². The molecule has 26 heavy (non-hydrogen) atoms. The van der Waals surface area contributed by atoms with Gasteiger partial charge in [-0.3, -0.25) is 10.4 Å². The maximum absolute atomic E-state index is 8.15. The van der Waals surface area contributed by atoms with Crippen molar-refractivity contribution in [2.45, 2.75) is 0 Å². The Morgan fingerprint density at radius 3 is 2.54 bits per heavy atom. The van der Waals surface area contributed by atoms with Crippen molar-refractivity contribution in [2.24, 2.45) is 26.4 Å². The number of nitrogens with zero attached hydrogens (tertiary/aromatic N) is 4. The smallest absolute Gasteiger partial charge is 0.233 e. The zero-order valence-electron chi connectivity index (χ0n) is 15.2. The van der Waals surface area contributed by atoms with Crippen LogP contribution >= 0.6 is 11.8 Å². The van der Waals surface area contributed by atoms with Crippen LogP contribution in [0.15, 0.2) is 38.0 Å². The summed E-state index contributed by atoms with van der Waals surface area (Å²) in [6, 6.07) is 0. The number of methoxy groups -OCH3 is 2. The maximum Gasteiger partial charge on any atom is 0.233 e. The molecule has 1 fully saturated rings. The highest BCUT2D eigenvalue weighted by atomic mass is 32.2. The number of amidine groups is 1. The highest BCUT2D eigenvalue weighted by Crippen LogP contribution is 2.17. The summed E-state index contributed by atoms with van der Waals surface area (Å²) in [7, 11) is 4.56. The summed E-state index contributed by atoms with van der Waals surface area (Å²) in [5.74, 6) is 0.876. The molecule has 0 aromatic carbocycles. The fourth-order valence-corrected chi connectivity index (χ4v) is 2.55. The van der Waals surface area contributed by atoms with Gasteiger partial charge in [0.2, 0.25) is 11.9 Å². The Morgan fingerprint density at radius 2 is 1.96 bits per heavy atom. The van der Waals surface area contributed by atoms with Crippen molar-refractivity contribution >= 4 is 35.0 Å². The summed E-state index contributed by atoms with van der Waals surface area (Å²) in [5, 5.41) is 11.4. The number of hydrogen-bond donors (Lipinski definition) is 4. The Balaban J connectivity index is 2.85. The molecule has 1 rings (SSSR count). The number of hydrogen-bond acceptors (Lipinski definition) is 8. The minimum Gasteiger partial charge on any atom is -0.503 e. The SMILES string of the molecule is C\N=C(N)/C=C(N)\N=C\SC(=C\OC)/C(=N\C(=N)N1CCNCC1)OC. The molecule has 0 aromatic heterocycles. The van der Waals surface area contributed by atoms with Gasteiger partial charge in [0.05, 0.1) is 19.8 Å². The van der Waals surface area contributed by atoms with Crippen LogP contribution in [0.3, 0.4) is 0 Å². The van der Waals surface area contributed by atoms with Crippen LogP contribution in [0, 0.1) is 5.41 Å². The molecule has 0 saturated carbocycles. The first kappa shape index (κ1) is 21.5. The normalized spacial score (nSPS) is 17.6. The summed E-state index contributed by atoms with van der Waals surface area (Å²) < 4.78 is 10.4. The van der Waals surface area contributed by atoms with Gasteiger partial charge in [-0.05, 0) is 0 Å². The number of nitrogens with two attached hydrogens (primary N) is 2. The minimum atomic E-state index is 0.134. The Bertz CT molecular complexity index is 621. The van der Waals surface area contributed by atoms with Gasteiger partial charge in [-0.2, -0.15) is 4.99 Å². The number of thioether (sulfide) groups is 1. The van der Waals surface area contributed by atoms with E-state index in [-0.39, 0.29) is 23.5 Å². The molecule has 1 heterocycles. The number of guanidine groups is 1. The molecule has 1 aliphatic rings. The van der Waals surface area contributed by atoms with Crippen LogP contribution in [0.25, 0.3) is 0 Å². The lowest BCUT2D eigenvalue weighted by Gasteiger charge is -2.27. The van der Waals surface area contributed by atoms with Gasteiger partial charge in [0.15, 0.2) is 0 Å². The Labute approximate surface area is 157 Å². The largest absolute Gasteiger partial charge is 0.503 e. The lowest BCUT2D eigenvalue weighted by molar-refractivity contribution is 0.334. The van der Waals surface area contributed by atoms with E-state index in [0.717, 1.165) is 26.2 Å². The molecule has 0 aliphatic carbocycles. The third-order valence-corrected chi connectivity index (χ3v) is 3.92. The van der Waals surface area contributed by atoms with Gasteiger partial charge >= 0.3 is 0 Å². The van der Waals surface area contributed by atoms with E-state index in [1.165, 1.54) is 43.9 Å². The summed E-state index contributed by atoms with van der Waals surface area (Å²) in [6.07, 6.45) is 2.91. The van der Waals surface area contributed by atoms with Crippen LogP contribution in [0.1, 0.15) is 0 Å². The van der Waals surface area contributed by atoms with E-state index >= 15 is 0 Å². The van der Waals surface area contributed by atoms with Crippen LogP contribution in [0.5, 0.6) is 0 Å². The van der Waals surface area contributed by atoms with Crippen molar-refractivity contribution in [3.8, 4) is 0 Å². The number of piperazine rings is 1. The van der Waals surface area contributed by atoms with Crippen LogP contribution in [-0.4, -0.2) is 75.6 Å². The van der Waals surface area contributed by atoms with E-state index in [1.807, 2.05) is 4.90 Å². The van der Waals surface area contributed by atoms with Gasteiger partial charge in [-0.1, -0.05) is 11.8 Å². The van der Waals surface area contributed by atoms with Crippen molar-refractivity contribution in [1.29, 1.82) is 5.41 Å². The van der Waals surface area contributed by atoms with E-state index in [0.29, 0.717) is 4.91 Å². The molecule has 0 spiro atoms. The summed E-state index contributed by atoms with van der Waals surface area (Å²) >= 11 is 1.19. The van der Waals surface area contributed by atoms with E-state index < -0.39 is 0 Å². The molecule has 11 heteroatoms. The van der Waals surface area contributed by atoms with Gasteiger partial charge in [-0.15, -0.1) is 0 Å². The number of nitrogens with one attached hydrogen (secondary N) is 2. The van der Waals surface area contributed by atoms with Crippen LogP contribution in [0.4, 0.5) is 0 Å². The molecule has 144 valence electrons. The third-order valence-electron chi connectivity index (χ3n) is 3.19. The average Bonchev–Trinajstić information content (AvgIpc) is 2.65. The van der Waals surface area contributed by atoms with E-state index in [4.69, 9.17) is 26.4 Å². The van der Waals surface area contributed by atoms with Gasteiger partial charge in [-0.25, -0.2) is 4.99 Å². The summed E-state index contributed by atoms with van der Waals surface area (Å²) in [4.78, 5) is 14.5. The molecule has 0 aromatic rings. The molecular formula is C15H26N8O2S. The second-order valence-corrected chi connectivity index (χ2v) is 5.86. The predicted molar refractivity (Wildman–Crippen MR) is 108 cm³/mol. The number of rotatable bonds is 6. The summed E-state index contributed by atoms with van der Waals surface area (Å²) in [6.45, 7) is 3.08.